The van der Waals surface area contributed by atoms with Crippen LogP contribution in [-0.2, 0) is 11.3 Å². The molecule has 1 atom stereocenters. The first-order valence-electron chi connectivity index (χ1n) is 9.34. The molecule has 132 valence electrons. The second-order valence-electron chi connectivity index (χ2n) is 7.32. The number of H-pyrrole nitrogens is 1. The highest BCUT2D eigenvalue weighted by atomic mass is 16.2. The number of rotatable bonds is 6. The van der Waals surface area contributed by atoms with E-state index in [0.717, 1.165) is 38.9 Å². The van der Waals surface area contributed by atoms with Crippen molar-refractivity contribution in [1.29, 1.82) is 0 Å². The van der Waals surface area contributed by atoms with E-state index < -0.39 is 0 Å². The third-order valence-electron chi connectivity index (χ3n) is 5.33. The molecule has 1 aromatic carbocycles. The van der Waals surface area contributed by atoms with E-state index in [2.05, 4.69) is 38.2 Å². The molecule has 25 heavy (non-hydrogen) atoms. The number of carbonyl (C=O) groups is 1. The van der Waals surface area contributed by atoms with Crippen LogP contribution in [0.25, 0.3) is 0 Å². The molecule has 5 nitrogen and oxygen atoms in total. The molecule has 0 radical (unpaired) electrons. The Hall–Kier alpha value is -2.14. The standard InChI is InChI=1S/C20H26N4O/c25-20(24(18-8-9-18)13-16-5-2-1-3-6-16)15-23-12-4-7-17(14-23)19-10-11-21-22-19/h1-3,5-6,10-11,17-18H,4,7-9,12-15H2,(H,21,22)/t17-/m0/s1. The fourth-order valence-electron chi connectivity index (χ4n) is 3.82. The zero-order valence-electron chi connectivity index (χ0n) is 14.6. The molecule has 4 rings (SSSR count). The van der Waals surface area contributed by atoms with Gasteiger partial charge in [-0.05, 0) is 43.9 Å². The summed E-state index contributed by atoms with van der Waals surface area (Å²) in [5.41, 5.74) is 2.41. The quantitative estimate of drug-likeness (QED) is 0.881. The number of nitrogens with one attached hydrogen (secondary N) is 1. The van der Waals surface area contributed by atoms with Crippen molar-refractivity contribution in [3.05, 3.63) is 53.9 Å². The fourth-order valence-corrected chi connectivity index (χ4v) is 3.82. The van der Waals surface area contributed by atoms with Crippen molar-refractivity contribution in [3.63, 3.8) is 0 Å². The Bertz CT molecular complexity index is 681. The molecule has 1 aromatic heterocycles. The third kappa shape index (κ3) is 4.10. The smallest absolute Gasteiger partial charge is 0.237 e. The van der Waals surface area contributed by atoms with Gasteiger partial charge in [-0.25, -0.2) is 0 Å². The lowest BCUT2D eigenvalue weighted by Gasteiger charge is -2.33. The summed E-state index contributed by atoms with van der Waals surface area (Å²) in [5.74, 6) is 0.740. The number of hydrogen-bond acceptors (Lipinski definition) is 3. The van der Waals surface area contributed by atoms with Crippen molar-refractivity contribution in [1.82, 2.24) is 20.0 Å². The Morgan fingerprint density at radius 3 is 2.76 bits per heavy atom. The van der Waals surface area contributed by atoms with Gasteiger partial charge in [0.1, 0.15) is 0 Å². The van der Waals surface area contributed by atoms with E-state index in [4.69, 9.17) is 0 Å². The summed E-state index contributed by atoms with van der Waals surface area (Å²) in [6.45, 7) is 3.23. The number of hydrogen-bond donors (Lipinski definition) is 1. The van der Waals surface area contributed by atoms with Crippen LogP contribution in [0.4, 0.5) is 0 Å². The Morgan fingerprint density at radius 2 is 2.04 bits per heavy atom. The summed E-state index contributed by atoms with van der Waals surface area (Å²) in [5, 5.41) is 7.16. The largest absolute Gasteiger partial charge is 0.334 e. The first-order chi connectivity index (χ1) is 12.3. The molecule has 5 heteroatoms. The minimum Gasteiger partial charge on any atom is -0.334 e. The predicted octanol–water partition coefficient (Wildman–Crippen LogP) is 2.78. The monoisotopic (exact) mass is 338 g/mol. The normalized spacial score (nSPS) is 21.2. The maximum Gasteiger partial charge on any atom is 0.237 e. The van der Waals surface area contributed by atoms with E-state index in [9.17, 15) is 4.79 Å². The number of carbonyl (C=O) groups excluding carboxylic acids is 1. The number of benzene rings is 1. The van der Waals surface area contributed by atoms with Crippen LogP contribution in [0, 0.1) is 0 Å². The van der Waals surface area contributed by atoms with E-state index >= 15 is 0 Å². The zero-order valence-corrected chi connectivity index (χ0v) is 14.6. The van der Waals surface area contributed by atoms with Crippen molar-refractivity contribution in [2.75, 3.05) is 19.6 Å². The topological polar surface area (TPSA) is 52.2 Å². The highest BCUT2D eigenvalue weighted by molar-refractivity contribution is 5.79. The lowest BCUT2D eigenvalue weighted by atomic mass is 9.95. The van der Waals surface area contributed by atoms with Crippen LogP contribution in [0.3, 0.4) is 0 Å². The average Bonchev–Trinajstić information content (AvgIpc) is 3.33. The van der Waals surface area contributed by atoms with Crippen molar-refractivity contribution < 1.29 is 4.79 Å². The van der Waals surface area contributed by atoms with Crippen molar-refractivity contribution in [2.24, 2.45) is 0 Å². The Labute approximate surface area is 149 Å². The molecule has 2 aliphatic rings. The molecule has 2 heterocycles. The van der Waals surface area contributed by atoms with Crippen molar-refractivity contribution in [3.8, 4) is 0 Å². The fraction of sp³-hybridized carbons (Fsp3) is 0.500. The molecule has 1 amide bonds. The maximum absolute atomic E-state index is 13.0. The third-order valence-corrected chi connectivity index (χ3v) is 5.33. The Kier molecular flexibility index (Phi) is 4.83. The van der Waals surface area contributed by atoms with Crippen LogP contribution in [0.15, 0.2) is 42.6 Å². The van der Waals surface area contributed by atoms with Gasteiger partial charge < -0.3 is 4.90 Å². The molecule has 1 aliphatic carbocycles. The number of piperidine rings is 1. The Balaban J connectivity index is 1.37. The molecule has 2 aromatic rings. The number of aromatic amines is 1. The van der Waals surface area contributed by atoms with Crippen LogP contribution in [0.5, 0.6) is 0 Å². The summed E-state index contributed by atoms with van der Waals surface area (Å²) in [7, 11) is 0. The lowest BCUT2D eigenvalue weighted by molar-refractivity contribution is -0.134. The summed E-state index contributed by atoms with van der Waals surface area (Å²) >= 11 is 0. The second-order valence-corrected chi connectivity index (χ2v) is 7.32. The van der Waals surface area contributed by atoms with Crippen LogP contribution in [0.2, 0.25) is 0 Å². The molecule has 0 spiro atoms. The number of likely N-dealkylation sites (tertiary alicyclic amines) is 1. The molecule has 0 unspecified atom stereocenters. The van der Waals surface area contributed by atoms with Gasteiger partial charge in [-0.2, -0.15) is 5.10 Å². The van der Waals surface area contributed by atoms with Crippen LogP contribution in [-0.4, -0.2) is 51.6 Å². The summed E-state index contributed by atoms with van der Waals surface area (Å²) in [4.78, 5) is 17.4. The molecule has 1 saturated carbocycles. The minimum atomic E-state index is 0.275. The van der Waals surface area contributed by atoms with Gasteiger partial charge in [-0.3, -0.25) is 14.8 Å². The van der Waals surface area contributed by atoms with E-state index in [1.165, 1.54) is 17.7 Å². The summed E-state index contributed by atoms with van der Waals surface area (Å²) in [6, 6.07) is 12.8. The van der Waals surface area contributed by atoms with Gasteiger partial charge in [-0.1, -0.05) is 30.3 Å². The lowest BCUT2D eigenvalue weighted by Crippen LogP contribution is -2.44. The van der Waals surface area contributed by atoms with Gasteiger partial charge >= 0.3 is 0 Å². The molecule has 0 bridgehead atoms. The highest BCUT2D eigenvalue weighted by Gasteiger charge is 2.34. The maximum atomic E-state index is 13.0. The minimum absolute atomic E-state index is 0.275. The zero-order chi connectivity index (χ0) is 17.1. The highest BCUT2D eigenvalue weighted by Crippen LogP contribution is 2.29. The van der Waals surface area contributed by atoms with E-state index in [0.29, 0.717) is 18.5 Å². The van der Waals surface area contributed by atoms with Crippen molar-refractivity contribution >= 4 is 5.91 Å². The van der Waals surface area contributed by atoms with Crippen molar-refractivity contribution in [2.45, 2.75) is 44.2 Å². The molecule has 1 aliphatic heterocycles. The summed E-state index contributed by atoms with van der Waals surface area (Å²) < 4.78 is 0. The van der Waals surface area contributed by atoms with E-state index in [1.807, 2.05) is 24.4 Å². The summed E-state index contributed by atoms with van der Waals surface area (Å²) in [6.07, 6.45) is 6.42. The number of nitrogens with zero attached hydrogens (tertiary/aromatic N) is 3. The second kappa shape index (κ2) is 7.40. The predicted molar refractivity (Wildman–Crippen MR) is 97.0 cm³/mol. The van der Waals surface area contributed by atoms with Crippen LogP contribution >= 0.6 is 0 Å². The number of amides is 1. The first kappa shape index (κ1) is 16.3. The van der Waals surface area contributed by atoms with Crippen LogP contribution in [0.1, 0.15) is 42.9 Å². The average molecular weight is 338 g/mol. The van der Waals surface area contributed by atoms with Gasteiger partial charge in [0.05, 0.1) is 6.54 Å². The SMILES string of the molecule is O=C(CN1CCC[C@H](c2ccn[nH]2)C1)N(Cc1ccccc1)C1CC1. The van der Waals surface area contributed by atoms with E-state index in [1.54, 1.807) is 0 Å². The molecule has 1 saturated heterocycles. The van der Waals surface area contributed by atoms with Crippen LogP contribution < -0.4 is 0 Å². The molecule has 1 N–H and O–H groups in total. The van der Waals surface area contributed by atoms with Gasteiger partial charge in [0.25, 0.3) is 0 Å². The van der Waals surface area contributed by atoms with Gasteiger partial charge in [0.15, 0.2) is 0 Å². The van der Waals surface area contributed by atoms with Gasteiger partial charge in [-0.15, -0.1) is 0 Å². The van der Waals surface area contributed by atoms with Gasteiger partial charge in [0, 0.05) is 36.9 Å². The first-order valence-corrected chi connectivity index (χ1v) is 9.34. The Morgan fingerprint density at radius 1 is 1.20 bits per heavy atom. The molecular weight excluding hydrogens is 312 g/mol. The molecule has 2 fully saturated rings. The number of aromatic nitrogens is 2. The van der Waals surface area contributed by atoms with Gasteiger partial charge in [0.2, 0.25) is 5.91 Å². The van der Waals surface area contributed by atoms with E-state index in [-0.39, 0.29) is 5.91 Å². The molecular formula is C20H26N4O.